The number of pyridine rings is 1. The summed E-state index contributed by atoms with van der Waals surface area (Å²) in [6.45, 7) is 0.618. The number of H-pyrrole nitrogens is 1. The molecule has 3 heterocycles. The lowest BCUT2D eigenvalue weighted by atomic mass is 10.1. The fraction of sp³-hybridized carbons (Fsp3) is 0.190. The minimum absolute atomic E-state index is 0.209. The van der Waals surface area contributed by atoms with Crippen molar-refractivity contribution >= 4 is 11.7 Å². The fourth-order valence-corrected chi connectivity index (χ4v) is 3.09. The Morgan fingerprint density at radius 1 is 1.10 bits per heavy atom. The molecule has 1 aliphatic carbocycles. The van der Waals surface area contributed by atoms with Gasteiger partial charge in [-0.25, -0.2) is 4.98 Å². The summed E-state index contributed by atoms with van der Waals surface area (Å²) in [7, 11) is 0. The molecule has 144 valence electrons. The Labute approximate surface area is 167 Å². The Kier molecular flexibility index (Phi) is 4.36. The molecule has 1 saturated carbocycles. The monoisotopic (exact) mass is 385 g/mol. The van der Waals surface area contributed by atoms with Crippen molar-refractivity contribution in [2.75, 3.05) is 5.32 Å². The Hall–Kier alpha value is -3.81. The van der Waals surface area contributed by atoms with E-state index in [-0.39, 0.29) is 5.91 Å². The van der Waals surface area contributed by atoms with Gasteiger partial charge >= 0.3 is 0 Å². The van der Waals surface area contributed by atoms with Crippen molar-refractivity contribution in [1.29, 1.82) is 0 Å². The van der Waals surface area contributed by atoms with Gasteiger partial charge in [-0.2, -0.15) is 10.2 Å². The maximum Gasteiger partial charge on any atom is 0.256 e. The Morgan fingerprint density at radius 3 is 2.66 bits per heavy atom. The van der Waals surface area contributed by atoms with Crippen LogP contribution in [0.5, 0.6) is 0 Å². The van der Waals surface area contributed by atoms with Gasteiger partial charge in [-0.3, -0.25) is 19.6 Å². The van der Waals surface area contributed by atoms with Crippen LogP contribution in [0.2, 0.25) is 0 Å². The van der Waals surface area contributed by atoms with Gasteiger partial charge in [0.25, 0.3) is 5.91 Å². The number of nitrogens with zero attached hydrogens (tertiary/aromatic N) is 5. The van der Waals surface area contributed by atoms with Crippen molar-refractivity contribution in [3.8, 4) is 11.4 Å². The topological polar surface area (TPSA) is 101 Å². The number of carbonyl (C=O) groups is 1. The molecule has 8 heteroatoms. The van der Waals surface area contributed by atoms with Crippen LogP contribution in [-0.2, 0) is 6.54 Å². The lowest BCUT2D eigenvalue weighted by Gasteiger charge is -2.04. The first-order valence-electron chi connectivity index (χ1n) is 9.51. The van der Waals surface area contributed by atoms with Gasteiger partial charge in [0.2, 0.25) is 0 Å². The molecule has 1 aromatic carbocycles. The van der Waals surface area contributed by atoms with Gasteiger partial charge in [-0.15, -0.1) is 0 Å². The number of amides is 1. The van der Waals surface area contributed by atoms with Gasteiger partial charge in [0.1, 0.15) is 5.82 Å². The molecule has 0 spiro atoms. The van der Waals surface area contributed by atoms with Crippen LogP contribution in [-0.4, -0.2) is 35.9 Å². The average molecular weight is 385 g/mol. The molecule has 0 unspecified atom stereocenters. The Bertz CT molecular complexity index is 1130. The van der Waals surface area contributed by atoms with E-state index in [0.717, 1.165) is 17.0 Å². The molecule has 0 radical (unpaired) electrons. The molecule has 0 bridgehead atoms. The average Bonchev–Trinajstić information content (AvgIpc) is 3.32. The van der Waals surface area contributed by atoms with Gasteiger partial charge < -0.3 is 5.32 Å². The first kappa shape index (κ1) is 17.3. The SMILES string of the molecule is O=C(Nc1ccn(Cc2ccncc2)n1)c1ccc(-c2n[nH]c(C3CC3)n2)cc1. The van der Waals surface area contributed by atoms with Crippen molar-refractivity contribution in [1.82, 2.24) is 29.9 Å². The number of hydrogen-bond donors (Lipinski definition) is 2. The molecule has 2 N–H and O–H groups in total. The first-order valence-corrected chi connectivity index (χ1v) is 9.51. The summed E-state index contributed by atoms with van der Waals surface area (Å²) >= 11 is 0. The van der Waals surface area contributed by atoms with Crippen LogP contribution >= 0.6 is 0 Å². The van der Waals surface area contributed by atoms with Gasteiger partial charge in [0.15, 0.2) is 11.6 Å². The highest BCUT2D eigenvalue weighted by Gasteiger charge is 2.27. The molecule has 1 aliphatic rings. The Balaban J connectivity index is 1.23. The second-order valence-corrected chi connectivity index (χ2v) is 7.10. The summed E-state index contributed by atoms with van der Waals surface area (Å²) in [6.07, 6.45) is 7.67. The third-order valence-electron chi connectivity index (χ3n) is 4.85. The molecular formula is C21H19N7O. The van der Waals surface area contributed by atoms with E-state index in [2.05, 4.69) is 30.6 Å². The number of nitrogens with one attached hydrogen (secondary N) is 2. The molecule has 5 rings (SSSR count). The van der Waals surface area contributed by atoms with Crippen LogP contribution in [0.15, 0.2) is 61.1 Å². The third kappa shape index (κ3) is 3.91. The van der Waals surface area contributed by atoms with Crippen LogP contribution in [0, 0.1) is 0 Å². The molecule has 29 heavy (non-hydrogen) atoms. The number of hydrogen-bond acceptors (Lipinski definition) is 5. The highest BCUT2D eigenvalue weighted by Crippen LogP contribution is 2.38. The van der Waals surface area contributed by atoms with Crippen LogP contribution in [0.1, 0.15) is 40.5 Å². The maximum absolute atomic E-state index is 12.5. The van der Waals surface area contributed by atoms with Crippen LogP contribution in [0.25, 0.3) is 11.4 Å². The van der Waals surface area contributed by atoms with E-state index in [1.807, 2.05) is 30.5 Å². The normalized spacial score (nSPS) is 13.4. The summed E-state index contributed by atoms with van der Waals surface area (Å²) in [5, 5.41) is 14.5. The van der Waals surface area contributed by atoms with E-state index in [0.29, 0.717) is 29.7 Å². The molecule has 1 amide bonds. The number of carbonyl (C=O) groups excluding carboxylic acids is 1. The number of aromatic nitrogens is 6. The molecule has 4 aromatic rings. The first-order chi connectivity index (χ1) is 14.2. The predicted octanol–water partition coefficient (Wildman–Crippen LogP) is 3.24. The minimum Gasteiger partial charge on any atom is -0.305 e. The third-order valence-corrected chi connectivity index (χ3v) is 4.85. The zero-order valence-electron chi connectivity index (χ0n) is 15.6. The van der Waals surface area contributed by atoms with Crippen molar-refractivity contribution < 1.29 is 4.79 Å². The van der Waals surface area contributed by atoms with Crippen molar-refractivity contribution in [3.63, 3.8) is 0 Å². The highest BCUT2D eigenvalue weighted by atomic mass is 16.1. The molecular weight excluding hydrogens is 366 g/mol. The van der Waals surface area contributed by atoms with Crippen molar-refractivity contribution in [2.24, 2.45) is 0 Å². The van der Waals surface area contributed by atoms with Gasteiger partial charge in [-0.1, -0.05) is 12.1 Å². The quantitative estimate of drug-likeness (QED) is 0.531. The smallest absolute Gasteiger partial charge is 0.256 e. The lowest BCUT2D eigenvalue weighted by Crippen LogP contribution is -2.12. The van der Waals surface area contributed by atoms with Crippen LogP contribution in [0.3, 0.4) is 0 Å². The fourth-order valence-electron chi connectivity index (χ4n) is 3.09. The summed E-state index contributed by atoms with van der Waals surface area (Å²) in [6, 6.07) is 12.9. The van der Waals surface area contributed by atoms with Gasteiger partial charge in [-0.05, 0) is 42.7 Å². The van der Waals surface area contributed by atoms with E-state index < -0.39 is 0 Å². The molecule has 0 aliphatic heterocycles. The summed E-state index contributed by atoms with van der Waals surface area (Å²) in [5.41, 5.74) is 2.52. The second kappa shape index (κ2) is 7.31. The molecule has 8 nitrogen and oxygen atoms in total. The highest BCUT2D eigenvalue weighted by molar-refractivity contribution is 6.03. The van der Waals surface area contributed by atoms with Gasteiger partial charge in [0, 0.05) is 41.7 Å². The zero-order valence-corrected chi connectivity index (χ0v) is 15.6. The molecule has 0 atom stereocenters. The predicted molar refractivity (Wildman–Crippen MR) is 107 cm³/mol. The second-order valence-electron chi connectivity index (χ2n) is 7.10. The lowest BCUT2D eigenvalue weighted by molar-refractivity contribution is 0.102. The van der Waals surface area contributed by atoms with Crippen molar-refractivity contribution in [2.45, 2.75) is 25.3 Å². The summed E-state index contributed by atoms with van der Waals surface area (Å²) < 4.78 is 1.77. The molecule has 3 aromatic heterocycles. The van der Waals surface area contributed by atoms with Crippen molar-refractivity contribution in [3.05, 3.63) is 78.0 Å². The summed E-state index contributed by atoms with van der Waals surface area (Å²) in [5.74, 6) is 2.44. The van der Waals surface area contributed by atoms with Gasteiger partial charge in [0.05, 0.1) is 6.54 Å². The number of benzene rings is 1. The summed E-state index contributed by atoms with van der Waals surface area (Å²) in [4.78, 5) is 21.1. The Morgan fingerprint density at radius 2 is 1.90 bits per heavy atom. The minimum atomic E-state index is -0.209. The van der Waals surface area contributed by atoms with E-state index in [9.17, 15) is 4.79 Å². The molecule has 1 fully saturated rings. The number of rotatable bonds is 6. The van der Waals surface area contributed by atoms with E-state index in [4.69, 9.17) is 0 Å². The van der Waals surface area contributed by atoms with E-state index in [1.54, 1.807) is 35.3 Å². The van der Waals surface area contributed by atoms with E-state index in [1.165, 1.54) is 12.8 Å². The zero-order chi connectivity index (χ0) is 19.6. The van der Waals surface area contributed by atoms with E-state index >= 15 is 0 Å². The number of aromatic amines is 1. The standard InChI is InChI=1S/C21H19N7O/c29-21(23-18-9-12-28(27-18)13-14-7-10-22-11-8-14)17-5-3-16(4-6-17)20-24-19(25-26-20)15-1-2-15/h3-12,15H,1-2,13H2,(H,23,27,29)(H,24,25,26). The van der Waals surface area contributed by atoms with Crippen LogP contribution < -0.4 is 5.32 Å². The molecule has 0 saturated heterocycles. The largest absolute Gasteiger partial charge is 0.305 e. The number of anilines is 1. The van der Waals surface area contributed by atoms with Crippen LogP contribution in [0.4, 0.5) is 5.82 Å². The maximum atomic E-state index is 12.5.